The first kappa shape index (κ1) is 18.2. The van der Waals surface area contributed by atoms with Gasteiger partial charge >= 0.3 is 0 Å². The summed E-state index contributed by atoms with van der Waals surface area (Å²) in [6.45, 7) is 0.359. The Labute approximate surface area is 154 Å². The van der Waals surface area contributed by atoms with Crippen LogP contribution < -0.4 is 10.1 Å². The van der Waals surface area contributed by atoms with Gasteiger partial charge in [-0.3, -0.25) is 4.79 Å². The van der Waals surface area contributed by atoms with Crippen LogP contribution in [0.5, 0.6) is 5.75 Å². The van der Waals surface area contributed by atoms with E-state index in [9.17, 15) is 4.79 Å². The second-order valence-electron chi connectivity index (χ2n) is 4.68. The van der Waals surface area contributed by atoms with E-state index in [0.29, 0.717) is 44.6 Å². The molecule has 0 atom stereocenters. The third kappa shape index (κ3) is 5.47. The summed E-state index contributed by atoms with van der Waals surface area (Å²) in [6.07, 6.45) is 0.816. The lowest BCUT2D eigenvalue weighted by Gasteiger charge is -2.09. The van der Waals surface area contributed by atoms with Gasteiger partial charge in [-0.05, 0) is 36.8 Å². The second-order valence-corrected chi connectivity index (χ2v) is 6.31. The van der Waals surface area contributed by atoms with Crippen LogP contribution >= 0.6 is 46.4 Å². The largest absolute Gasteiger partial charge is 0.492 e. The zero-order valence-corrected chi connectivity index (χ0v) is 14.9. The first-order valence-electron chi connectivity index (χ1n) is 6.79. The molecule has 23 heavy (non-hydrogen) atoms. The number of carbonyl (C=O) groups is 1. The molecule has 0 bridgehead atoms. The fourth-order valence-electron chi connectivity index (χ4n) is 1.82. The highest BCUT2D eigenvalue weighted by Gasteiger charge is 2.08. The second kappa shape index (κ2) is 8.65. The van der Waals surface area contributed by atoms with E-state index in [2.05, 4.69) is 5.32 Å². The molecule has 0 aromatic heterocycles. The normalized spacial score (nSPS) is 10.4. The van der Waals surface area contributed by atoms with Crippen LogP contribution in [-0.2, 0) is 4.79 Å². The summed E-state index contributed by atoms with van der Waals surface area (Å²) < 4.78 is 5.52. The smallest absolute Gasteiger partial charge is 0.224 e. The molecule has 0 aliphatic rings. The van der Waals surface area contributed by atoms with Gasteiger partial charge in [0.1, 0.15) is 5.75 Å². The maximum Gasteiger partial charge on any atom is 0.224 e. The minimum Gasteiger partial charge on any atom is -0.492 e. The lowest BCUT2D eigenvalue weighted by atomic mass is 10.2. The number of hydrogen-bond acceptors (Lipinski definition) is 2. The first-order valence-corrected chi connectivity index (χ1v) is 8.30. The van der Waals surface area contributed by atoms with Crippen molar-refractivity contribution in [3.63, 3.8) is 0 Å². The van der Waals surface area contributed by atoms with E-state index in [0.717, 1.165) is 0 Å². The van der Waals surface area contributed by atoms with Crippen molar-refractivity contribution in [3.05, 3.63) is 56.5 Å². The van der Waals surface area contributed by atoms with Crippen LogP contribution in [0.1, 0.15) is 12.8 Å². The van der Waals surface area contributed by atoms with Gasteiger partial charge in [0.25, 0.3) is 0 Å². The molecule has 0 saturated carbocycles. The predicted molar refractivity (Wildman–Crippen MR) is 96.3 cm³/mol. The quantitative estimate of drug-likeness (QED) is 0.603. The molecule has 122 valence electrons. The minimum absolute atomic E-state index is 0.167. The molecule has 0 aliphatic carbocycles. The summed E-state index contributed by atoms with van der Waals surface area (Å²) in [5.74, 6) is 0.370. The van der Waals surface area contributed by atoms with E-state index in [1.54, 1.807) is 36.4 Å². The van der Waals surface area contributed by atoms with Crippen LogP contribution in [-0.4, -0.2) is 12.5 Å². The maximum absolute atomic E-state index is 11.9. The molecule has 1 amide bonds. The number of nitrogens with one attached hydrogen (secondary N) is 1. The van der Waals surface area contributed by atoms with Gasteiger partial charge in [-0.15, -0.1) is 0 Å². The average Bonchev–Trinajstić information content (AvgIpc) is 2.50. The molecule has 2 rings (SSSR count). The standard InChI is InChI=1S/C16H13Cl4NO2/c17-10-6-7-14(12(19)9-10)23-8-2-5-15(22)21-13-4-1-3-11(18)16(13)20/h1,3-4,6-7,9H,2,5,8H2,(H,21,22). The molecule has 0 saturated heterocycles. The third-order valence-corrected chi connectivity index (χ3v) is 4.27. The molecule has 2 aromatic rings. The monoisotopic (exact) mass is 391 g/mol. The third-order valence-electron chi connectivity index (χ3n) is 2.93. The number of hydrogen-bond donors (Lipinski definition) is 1. The Hall–Kier alpha value is -1.13. The van der Waals surface area contributed by atoms with Gasteiger partial charge in [0, 0.05) is 11.4 Å². The van der Waals surface area contributed by atoms with Crippen molar-refractivity contribution in [2.24, 2.45) is 0 Å². The van der Waals surface area contributed by atoms with Crippen LogP contribution in [0.3, 0.4) is 0 Å². The maximum atomic E-state index is 11.9. The summed E-state index contributed by atoms with van der Waals surface area (Å²) in [7, 11) is 0. The Bertz CT molecular complexity index is 706. The zero-order chi connectivity index (χ0) is 16.8. The first-order chi connectivity index (χ1) is 11.0. The van der Waals surface area contributed by atoms with E-state index in [4.69, 9.17) is 51.1 Å². The molecule has 0 spiro atoms. The summed E-state index contributed by atoms with van der Waals surface area (Å²) in [5.41, 5.74) is 0.492. The summed E-state index contributed by atoms with van der Waals surface area (Å²) >= 11 is 23.7. The van der Waals surface area contributed by atoms with Crippen LogP contribution in [0.2, 0.25) is 20.1 Å². The van der Waals surface area contributed by atoms with E-state index < -0.39 is 0 Å². The van der Waals surface area contributed by atoms with Gasteiger partial charge in [0.2, 0.25) is 5.91 Å². The Morgan fingerprint density at radius 1 is 1.04 bits per heavy atom. The van der Waals surface area contributed by atoms with E-state index >= 15 is 0 Å². The van der Waals surface area contributed by atoms with Gasteiger partial charge in [-0.25, -0.2) is 0 Å². The lowest BCUT2D eigenvalue weighted by Crippen LogP contribution is -2.13. The van der Waals surface area contributed by atoms with Crippen LogP contribution in [0.25, 0.3) is 0 Å². The molecule has 0 heterocycles. The van der Waals surface area contributed by atoms with Crippen molar-refractivity contribution in [3.8, 4) is 5.75 Å². The Kier molecular flexibility index (Phi) is 6.85. The van der Waals surface area contributed by atoms with Gasteiger partial charge < -0.3 is 10.1 Å². The number of amides is 1. The van der Waals surface area contributed by atoms with E-state index in [1.165, 1.54) is 0 Å². The molecule has 3 nitrogen and oxygen atoms in total. The number of anilines is 1. The highest BCUT2D eigenvalue weighted by atomic mass is 35.5. The molecule has 2 aromatic carbocycles. The molecular weight excluding hydrogens is 380 g/mol. The topological polar surface area (TPSA) is 38.3 Å². The molecule has 0 radical (unpaired) electrons. The Morgan fingerprint density at radius 2 is 1.83 bits per heavy atom. The molecule has 7 heteroatoms. The van der Waals surface area contributed by atoms with Crippen molar-refractivity contribution >= 4 is 58.0 Å². The van der Waals surface area contributed by atoms with Crippen molar-refractivity contribution < 1.29 is 9.53 Å². The molecule has 1 N–H and O–H groups in total. The molecule has 0 fully saturated rings. The van der Waals surface area contributed by atoms with Crippen molar-refractivity contribution in [1.29, 1.82) is 0 Å². The fourth-order valence-corrected chi connectivity index (χ4v) is 2.63. The summed E-state index contributed by atoms with van der Waals surface area (Å²) in [4.78, 5) is 11.9. The highest BCUT2D eigenvalue weighted by molar-refractivity contribution is 6.44. The van der Waals surface area contributed by atoms with Gasteiger partial charge in [0.15, 0.2) is 0 Å². The van der Waals surface area contributed by atoms with E-state index in [1.807, 2.05) is 0 Å². The minimum atomic E-state index is -0.167. The van der Waals surface area contributed by atoms with Crippen molar-refractivity contribution in [2.45, 2.75) is 12.8 Å². The number of halogens is 4. The number of rotatable bonds is 6. The number of benzene rings is 2. The van der Waals surface area contributed by atoms with Gasteiger partial charge in [-0.1, -0.05) is 52.5 Å². The van der Waals surface area contributed by atoms with Crippen molar-refractivity contribution in [2.75, 3.05) is 11.9 Å². The Morgan fingerprint density at radius 3 is 2.57 bits per heavy atom. The SMILES string of the molecule is O=C(CCCOc1ccc(Cl)cc1Cl)Nc1cccc(Cl)c1Cl. The zero-order valence-electron chi connectivity index (χ0n) is 11.9. The summed E-state index contributed by atoms with van der Waals surface area (Å²) in [5, 5.41) is 4.41. The van der Waals surface area contributed by atoms with Crippen LogP contribution in [0, 0.1) is 0 Å². The number of carbonyl (C=O) groups excluding carboxylic acids is 1. The molecule has 0 aliphatic heterocycles. The fraction of sp³-hybridized carbons (Fsp3) is 0.188. The lowest BCUT2D eigenvalue weighted by molar-refractivity contribution is -0.116. The number of ether oxygens (including phenoxy) is 1. The Balaban J connectivity index is 1.78. The van der Waals surface area contributed by atoms with Crippen LogP contribution in [0.15, 0.2) is 36.4 Å². The van der Waals surface area contributed by atoms with Crippen molar-refractivity contribution in [1.82, 2.24) is 0 Å². The predicted octanol–water partition coefficient (Wildman–Crippen LogP) is 6.10. The molecule has 0 unspecified atom stereocenters. The summed E-state index contributed by atoms with van der Waals surface area (Å²) in [6, 6.07) is 10.0. The molecular formula is C16H13Cl4NO2. The average molecular weight is 393 g/mol. The van der Waals surface area contributed by atoms with Gasteiger partial charge in [-0.2, -0.15) is 0 Å². The van der Waals surface area contributed by atoms with Crippen LogP contribution in [0.4, 0.5) is 5.69 Å². The van der Waals surface area contributed by atoms with E-state index in [-0.39, 0.29) is 12.3 Å². The highest BCUT2D eigenvalue weighted by Crippen LogP contribution is 2.30. The van der Waals surface area contributed by atoms with Gasteiger partial charge in [0.05, 0.1) is 27.4 Å².